The van der Waals surface area contributed by atoms with Crippen molar-refractivity contribution in [1.29, 1.82) is 0 Å². The predicted molar refractivity (Wildman–Crippen MR) is 104 cm³/mol. The van der Waals surface area contributed by atoms with E-state index in [1.165, 1.54) is 13.8 Å². The van der Waals surface area contributed by atoms with Crippen LogP contribution in [-0.2, 0) is 58.8 Å². The highest BCUT2D eigenvalue weighted by Gasteiger charge is 2.28. The van der Waals surface area contributed by atoms with Gasteiger partial charge in [-0.1, -0.05) is 0 Å². The third kappa shape index (κ3) is 16.9. The van der Waals surface area contributed by atoms with E-state index in [1.54, 1.807) is 0 Å². The Labute approximate surface area is 194 Å². The first-order chi connectivity index (χ1) is 15.7. The third-order valence-corrected chi connectivity index (χ3v) is 4.84. The zero-order valence-electron chi connectivity index (χ0n) is 18.2. The lowest BCUT2D eigenvalue weighted by molar-refractivity contribution is -0.273. The van der Waals surface area contributed by atoms with Crippen LogP contribution in [0.3, 0.4) is 0 Å². The van der Waals surface area contributed by atoms with Crippen molar-refractivity contribution >= 4 is 32.4 Å². The molecule has 202 valence electrons. The molecule has 4 atom stereocenters. The molecule has 0 aromatic rings. The first kappa shape index (κ1) is 32.4. The first-order valence-corrected chi connectivity index (χ1v) is 12.6. The third-order valence-electron chi connectivity index (χ3n) is 3.54. The number of alkyl halides is 2. The number of halogens is 4. The quantitative estimate of drug-likeness (QED) is 0.0983. The summed E-state index contributed by atoms with van der Waals surface area (Å²) in [6.07, 6.45) is -5.50. The Morgan fingerprint density at radius 1 is 0.676 bits per heavy atom. The molecule has 0 radical (unpaired) electrons. The van der Waals surface area contributed by atoms with Crippen LogP contribution in [0.2, 0.25) is 0 Å². The second-order valence-electron chi connectivity index (χ2n) is 6.61. The van der Waals surface area contributed by atoms with Crippen molar-refractivity contribution < 1.29 is 71.7 Å². The molecule has 4 unspecified atom stereocenters. The van der Waals surface area contributed by atoms with E-state index < -0.39 is 108 Å². The van der Waals surface area contributed by atoms with Gasteiger partial charge in [0.1, 0.15) is 24.9 Å². The van der Waals surface area contributed by atoms with Crippen LogP contribution >= 0.6 is 0 Å². The summed E-state index contributed by atoms with van der Waals surface area (Å²) in [5.74, 6) is -4.83. The van der Waals surface area contributed by atoms with Gasteiger partial charge in [0.25, 0.3) is 0 Å². The Bertz CT molecular complexity index is 756. The average Bonchev–Trinajstić information content (AvgIpc) is 2.71. The lowest BCUT2D eigenvalue weighted by atomic mass is 10.3. The maximum atomic E-state index is 13.0. The molecule has 0 aliphatic rings. The van der Waals surface area contributed by atoms with Crippen molar-refractivity contribution in [1.82, 2.24) is 0 Å². The summed E-state index contributed by atoms with van der Waals surface area (Å²) in [6, 6.07) is 0. The predicted octanol–water partition coefficient (Wildman–Crippen LogP) is 0.106. The maximum absolute atomic E-state index is 13.0. The molecule has 0 heterocycles. The van der Waals surface area contributed by atoms with Gasteiger partial charge >= 0.3 is 32.4 Å². The molecule has 18 heteroatoms. The molecule has 34 heavy (non-hydrogen) atoms. The molecule has 0 saturated heterocycles. The topological polar surface area (TPSA) is 158 Å². The highest BCUT2D eigenvalue weighted by molar-refractivity contribution is 7.86. The zero-order chi connectivity index (χ0) is 26.4. The van der Waals surface area contributed by atoms with Gasteiger partial charge in [-0.3, -0.25) is 0 Å². The van der Waals surface area contributed by atoms with Gasteiger partial charge in [0.2, 0.25) is 0 Å². The molecule has 0 aromatic heterocycles. The second-order valence-corrected chi connectivity index (χ2v) is 9.58. The Morgan fingerprint density at radius 2 is 1.00 bits per heavy atom. The Balaban J connectivity index is 4.38. The van der Waals surface area contributed by atoms with E-state index in [9.17, 15) is 43.0 Å². The van der Waals surface area contributed by atoms with E-state index in [0.717, 1.165) is 0 Å². The maximum Gasteiger partial charge on any atom is 0.386 e. The van der Waals surface area contributed by atoms with Crippen LogP contribution in [0.15, 0.2) is 0 Å². The lowest BCUT2D eigenvalue weighted by Crippen LogP contribution is -2.36. The summed E-state index contributed by atoms with van der Waals surface area (Å²) >= 11 is 0. The molecule has 0 saturated carbocycles. The summed E-state index contributed by atoms with van der Waals surface area (Å²) in [4.78, 5) is 31.7. The lowest BCUT2D eigenvalue weighted by Gasteiger charge is -2.18. The fraction of sp³-hybridized carbons (Fsp3) is 0.875. The number of carbonyl (C=O) groups excluding carboxylic acids is 2. The molecule has 0 aromatic carbocycles. The van der Waals surface area contributed by atoms with Crippen molar-refractivity contribution in [3.05, 3.63) is 0 Å². The van der Waals surface area contributed by atoms with Gasteiger partial charge in [0, 0.05) is 0 Å². The summed E-state index contributed by atoms with van der Waals surface area (Å²) in [7, 11) is -9.48. The molecule has 0 bridgehead atoms. The van der Waals surface area contributed by atoms with Crippen molar-refractivity contribution in [3.8, 4) is 0 Å². The zero-order valence-corrected chi connectivity index (χ0v) is 19.8. The molecule has 0 spiro atoms. The van der Waals surface area contributed by atoms with E-state index in [1.807, 2.05) is 0 Å². The van der Waals surface area contributed by atoms with Crippen LogP contribution < -0.4 is 0 Å². The molecule has 0 rings (SSSR count). The van der Waals surface area contributed by atoms with Crippen LogP contribution in [0.1, 0.15) is 13.8 Å². The molecular weight excluding hydrogens is 524 g/mol. The van der Waals surface area contributed by atoms with Gasteiger partial charge in [0.05, 0.1) is 38.6 Å². The van der Waals surface area contributed by atoms with Crippen LogP contribution in [0.5, 0.6) is 0 Å². The smallest absolute Gasteiger partial charge is 0.375 e. The molecular formula is C16H26F4O12S2. The monoisotopic (exact) mass is 550 g/mol. The molecule has 0 aliphatic heterocycles. The number of rotatable bonds is 18. The molecule has 0 N–H and O–H groups in total. The minimum atomic E-state index is -4.74. The number of hydrogen-bond donors (Lipinski definition) is 0. The van der Waals surface area contributed by atoms with Crippen LogP contribution in [0.25, 0.3) is 0 Å². The molecule has 0 aliphatic carbocycles. The van der Waals surface area contributed by atoms with Gasteiger partial charge < -0.3 is 18.9 Å². The molecule has 0 fully saturated rings. The molecule has 12 nitrogen and oxygen atoms in total. The van der Waals surface area contributed by atoms with Crippen molar-refractivity contribution in [2.45, 2.75) is 38.3 Å². The number of hydrogen-bond acceptors (Lipinski definition) is 12. The van der Waals surface area contributed by atoms with Gasteiger partial charge in [-0.25, -0.2) is 28.1 Å². The highest BCUT2D eigenvalue weighted by Crippen LogP contribution is 2.06. The normalized spacial score (nSPS) is 15.8. The Morgan fingerprint density at radius 3 is 1.26 bits per heavy atom. The molecule has 0 amide bonds. The summed E-state index contributed by atoms with van der Waals surface area (Å²) in [5, 5.41) is 0. The van der Waals surface area contributed by atoms with E-state index in [-0.39, 0.29) is 0 Å². The Hall–Kier alpha value is -1.60. The summed E-state index contributed by atoms with van der Waals surface area (Å²) < 4.78 is 112. The minimum Gasteiger partial charge on any atom is -0.375 e. The van der Waals surface area contributed by atoms with Crippen molar-refractivity contribution in [2.75, 3.05) is 51.3 Å². The fourth-order valence-electron chi connectivity index (χ4n) is 1.84. The number of ether oxygens (including phenoxy) is 4. The van der Waals surface area contributed by atoms with Gasteiger partial charge in [-0.15, -0.1) is 7.77 Å². The minimum absolute atomic E-state index is 0.443. The number of carbonyl (C=O) groups is 2. The Kier molecular flexibility index (Phi) is 15.4. The van der Waals surface area contributed by atoms with Crippen LogP contribution in [-0.4, -0.2) is 104 Å². The van der Waals surface area contributed by atoms with E-state index in [4.69, 9.17) is 18.9 Å². The summed E-state index contributed by atoms with van der Waals surface area (Å²) in [6.45, 7) is -2.05. The van der Waals surface area contributed by atoms with Crippen LogP contribution in [0.4, 0.5) is 16.6 Å². The van der Waals surface area contributed by atoms with Crippen LogP contribution in [0, 0.1) is 0 Å². The van der Waals surface area contributed by atoms with E-state index >= 15 is 0 Å². The largest absolute Gasteiger partial charge is 0.386 e. The first-order valence-electron chi connectivity index (χ1n) is 9.53. The SMILES string of the molecule is CC(COC(CF)C(=O)OOC(=O)C(CF)OCC(C)OCCS(=O)(=O)F)OCCS(=O)(=O)F. The van der Waals surface area contributed by atoms with E-state index in [0.29, 0.717) is 0 Å². The van der Waals surface area contributed by atoms with Crippen molar-refractivity contribution in [3.63, 3.8) is 0 Å². The second kappa shape index (κ2) is 16.1. The highest BCUT2D eigenvalue weighted by atomic mass is 32.3. The fourth-order valence-corrected chi connectivity index (χ4v) is 2.43. The van der Waals surface area contributed by atoms with Gasteiger partial charge in [-0.2, -0.15) is 16.8 Å². The summed E-state index contributed by atoms with van der Waals surface area (Å²) in [5.41, 5.74) is 0. The standard InChI is InChI=1S/C16H26F4O12S2/c1-11(27-3-5-33(19,23)24)9-29-13(7-17)15(21)31-32-16(22)14(8-18)30-10-12(2)28-4-6-34(20,25)26/h11-14H,3-10H2,1-2H3. The van der Waals surface area contributed by atoms with Gasteiger partial charge in [-0.05, 0) is 13.8 Å². The van der Waals surface area contributed by atoms with Gasteiger partial charge in [0.15, 0.2) is 12.2 Å². The van der Waals surface area contributed by atoms with Crippen molar-refractivity contribution in [2.24, 2.45) is 0 Å². The average molecular weight is 550 g/mol. The van der Waals surface area contributed by atoms with E-state index in [2.05, 4.69) is 9.78 Å².